The molecule has 1 saturated heterocycles. The Bertz CT molecular complexity index is 591. The van der Waals surface area contributed by atoms with E-state index < -0.39 is 0 Å². The van der Waals surface area contributed by atoms with Gasteiger partial charge in [-0.25, -0.2) is 0 Å². The number of benzene rings is 1. The molecular formula is C18H27N3O3. The van der Waals surface area contributed by atoms with Gasteiger partial charge in [-0.3, -0.25) is 14.5 Å². The minimum Gasteiger partial charge on any atom is -0.496 e. The van der Waals surface area contributed by atoms with E-state index in [9.17, 15) is 9.59 Å². The number of amides is 2. The van der Waals surface area contributed by atoms with E-state index in [0.717, 1.165) is 24.2 Å². The lowest BCUT2D eigenvalue weighted by molar-refractivity contribution is -0.139. The molecule has 1 fully saturated rings. The van der Waals surface area contributed by atoms with E-state index in [2.05, 4.69) is 0 Å². The van der Waals surface area contributed by atoms with Gasteiger partial charge < -0.3 is 15.4 Å². The summed E-state index contributed by atoms with van der Waals surface area (Å²) in [5.74, 6) is 0.311. The number of likely N-dealkylation sites (tertiary alicyclic amines) is 1. The number of hydrogen-bond acceptors (Lipinski definition) is 4. The zero-order valence-corrected chi connectivity index (χ0v) is 14.7. The van der Waals surface area contributed by atoms with Crippen LogP contribution in [0, 0.1) is 5.92 Å². The number of para-hydroxylation sites is 1. The summed E-state index contributed by atoms with van der Waals surface area (Å²) in [6.45, 7) is 3.63. The Hall–Kier alpha value is -2.08. The molecule has 132 valence electrons. The van der Waals surface area contributed by atoms with Crippen molar-refractivity contribution in [3.8, 4) is 5.75 Å². The van der Waals surface area contributed by atoms with Crippen LogP contribution in [0.5, 0.6) is 5.75 Å². The summed E-state index contributed by atoms with van der Waals surface area (Å²) >= 11 is 0. The van der Waals surface area contributed by atoms with Crippen LogP contribution in [0.25, 0.3) is 0 Å². The fraction of sp³-hybridized carbons (Fsp3) is 0.556. The predicted octanol–water partition coefficient (Wildman–Crippen LogP) is 1.24. The van der Waals surface area contributed by atoms with E-state index >= 15 is 0 Å². The standard InChI is InChI=1S/C18H27N3O3/c1-13(18(23)21-10-6-8-15(12-21)17(19)22)20(2)11-14-7-4-5-9-16(14)24-3/h4-5,7,9,13,15H,6,8,10-12H2,1-3H3,(H2,19,22)/t13-,15-/m1/s1. The molecule has 0 aliphatic carbocycles. The Morgan fingerprint density at radius 3 is 2.79 bits per heavy atom. The van der Waals surface area contributed by atoms with E-state index in [-0.39, 0.29) is 23.8 Å². The number of nitrogens with two attached hydrogens (primary N) is 1. The molecule has 1 aliphatic rings. The Labute approximate surface area is 143 Å². The van der Waals surface area contributed by atoms with Crippen molar-refractivity contribution in [2.75, 3.05) is 27.2 Å². The number of hydrogen-bond donors (Lipinski definition) is 1. The van der Waals surface area contributed by atoms with Gasteiger partial charge in [-0.1, -0.05) is 18.2 Å². The molecule has 6 heteroatoms. The Kier molecular flexibility index (Phi) is 6.20. The third-order valence-electron chi connectivity index (χ3n) is 4.77. The van der Waals surface area contributed by atoms with Crippen molar-refractivity contribution < 1.29 is 14.3 Å². The quantitative estimate of drug-likeness (QED) is 0.850. The Morgan fingerprint density at radius 2 is 2.12 bits per heavy atom. The number of likely N-dealkylation sites (N-methyl/N-ethyl adjacent to an activating group) is 1. The third-order valence-corrected chi connectivity index (χ3v) is 4.77. The van der Waals surface area contributed by atoms with Gasteiger partial charge in [0.25, 0.3) is 0 Å². The molecule has 2 atom stereocenters. The molecule has 1 aromatic rings. The summed E-state index contributed by atoms with van der Waals surface area (Å²) in [7, 11) is 3.57. The fourth-order valence-electron chi connectivity index (χ4n) is 3.10. The van der Waals surface area contributed by atoms with Crippen LogP contribution < -0.4 is 10.5 Å². The van der Waals surface area contributed by atoms with Gasteiger partial charge in [-0.05, 0) is 32.9 Å². The number of methoxy groups -OCH3 is 1. The third kappa shape index (κ3) is 4.26. The summed E-state index contributed by atoms with van der Waals surface area (Å²) in [5, 5.41) is 0. The average Bonchev–Trinajstić information content (AvgIpc) is 2.60. The number of nitrogens with zero attached hydrogens (tertiary/aromatic N) is 2. The van der Waals surface area contributed by atoms with E-state index in [1.807, 2.05) is 43.1 Å². The molecule has 0 radical (unpaired) electrons. The van der Waals surface area contributed by atoms with Crippen molar-refractivity contribution in [2.45, 2.75) is 32.4 Å². The van der Waals surface area contributed by atoms with E-state index in [0.29, 0.717) is 19.6 Å². The van der Waals surface area contributed by atoms with Gasteiger partial charge in [0.15, 0.2) is 0 Å². The Morgan fingerprint density at radius 1 is 1.42 bits per heavy atom. The highest BCUT2D eigenvalue weighted by molar-refractivity contribution is 5.83. The molecule has 24 heavy (non-hydrogen) atoms. The summed E-state index contributed by atoms with van der Waals surface area (Å²) < 4.78 is 5.37. The van der Waals surface area contributed by atoms with Gasteiger partial charge in [0, 0.05) is 25.2 Å². The topological polar surface area (TPSA) is 75.9 Å². The van der Waals surface area contributed by atoms with Crippen molar-refractivity contribution in [1.29, 1.82) is 0 Å². The molecular weight excluding hydrogens is 306 g/mol. The molecule has 1 aliphatic heterocycles. The second kappa shape index (κ2) is 8.15. The highest BCUT2D eigenvalue weighted by atomic mass is 16.5. The van der Waals surface area contributed by atoms with E-state index in [4.69, 9.17) is 10.5 Å². The summed E-state index contributed by atoms with van der Waals surface area (Å²) in [5.41, 5.74) is 6.44. The first-order chi connectivity index (χ1) is 11.4. The van der Waals surface area contributed by atoms with E-state index in [1.54, 1.807) is 12.0 Å². The first-order valence-electron chi connectivity index (χ1n) is 8.34. The largest absolute Gasteiger partial charge is 0.496 e. The number of carbonyl (C=O) groups is 2. The fourth-order valence-corrected chi connectivity index (χ4v) is 3.10. The van der Waals surface area contributed by atoms with Crippen LogP contribution in [-0.4, -0.2) is 54.9 Å². The molecule has 0 bridgehead atoms. The zero-order chi connectivity index (χ0) is 17.7. The lowest BCUT2D eigenvalue weighted by Crippen LogP contribution is -2.50. The van der Waals surface area contributed by atoms with Crippen LogP contribution in [0.4, 0.5) is 0 Å². The number of carbonyl (C=O) groups excluding carboxylic acids is 2. The van der Waals surface area contributed by atoms with E-state index in [1.165, 1.54) is 0 Å². The predicted molar refractivity (Wildman–Crippen MR) is 92.4 cm³/mol. The zero-order valence-electron chi connectivity index (χ0n) is 14.7. The maximum atomic E-state index is 12.8. The number of ether oxygens (including phenoxy) is 1. The average molecular weight is 333 g/mol. The van der Waals surface area contributed by atoms with Gasteiger partial charge in [-0.2, -0.15) is 0 Å². The van der Waals surface area contributed by atoms with Gasteiger partial charge in [0.05, 0.1) is 19.1 Å². The maximum absolute atomic E-state index is 12.8. The minimum absolute atomic E-state index is 0.0401. The van der Waals surface area contributed by atoms with Crippen molar-refractivity contribution in [3.63, 3.8) is 0 Å². The van der Waals surface area contributed by atoms with Crippen LogP contribution in [0.3, 0.4) is 0 Å². The lowest BCUT2D eigenvalue weighted by Gasteiger charge is -2.35. The normalized spacial score (nSPS) is 19.2. The molecule has 0 aromatic heterocycles. The van der Waals surface area contributed by atoms with Crippen LogP contribution in [-0.2, 0) is 16.1 Å². The first kappa shape index (κ1) is 18.3. The van der Waals surface area contributed by atoms with Crippen molar-refractivity contribution in [2.24, 2.45) is 11.7 Å². The SMILES string of the molecule is COc1ccccc1CN(C)[C@H](C)C(=O)N1CCC[C@@H](C(N)=O)C1. The molecule has 0 unspecified atom stereocenters. The molecule has 1 aromatic carbocycles. The van der Waals surface area contributed by atoms with Crippen LogP contribution in [0.1, 0.15) is 25.3 Å². The lowest BCUT2D eigenvalue weighted by atomic mass is 9.97. The summed E-state index contributed by atoms with van der Waals surface area (Å²) in [6.07, 6.45) is 1.59. The second-order valence-electron chi connectivity index (χ2n) is 6.43. The first-order valence-corrected chi connectivity index (χ1v) is 8.34. The molecule has 0 spiro atoms. The highest BCUT2D eigenvalue weighted by Crippen LogP contribution is 2.21. The number of rotatable bonds is 6. The number of piperidine rings is 1. The number of primary amides is 1. The monoisotopic (exact) mass is 333 g/mol. The summed E-state index contributed by atoms with van der Waals surface area (Å²) in [4.78, 5) is 27.9. The molecule has 1 heterocycles. The molecule has 2 rings (SSSR count). The van der Waals surface area contributed by atoms with Crippen molar-refractivity contribution >= 4 is 11.8 Å². The van der Waals surface area contributed by atoms with Gasteiger partial charge in [0.2, 0.25) is 11.8 Å². The maximum Gasteiger partial charge on any atom is 0.239 e. The van der Waals surface area contributed by atoms with Crippen molar-refractivity contribution in [3.05, 3.63) is 29.8 Å². The second-order valence-corrected chi connectivity index (χ2v) is 6.43. The highest BCUT2D eigenvalue weighted by Gasteiger charge is 2.30. The minimum atomic E-state index is -0.317. The molecule has 6 nitrogen and oxygen atoms in total. The summed E-state index contributed by atoms with van der Waals surface area (Å²) in [6, 6.07) is 7.52. The molecule has 2 N–H and O–H groups in total. The van der Waals surface area contributed by atoms with Gasteiger partial charge in [-0.15, -0.1) is 0 Å². The van der Waals surface area contributed by atoms with Gasteiger partial charge in [0.1, 0.15) is 5.75 Å². The molecule has 0 saturated carbocycles. The van der Waals surface area contributed by atoms with Crippen LogP contribution in [0.2, 0.25) is 0 Å². The Balaban J connectivity index is 2.00. The van der Waals surface area contributed by atoms with Crippen LogP contribution in [0.15, 0.2) is 24.3 Å². The smallest absolute Gasteiger partial charge is 0.239 e. The molecule has 2 amide bonds. The van der Waals surface area contributed by atoms with Crippen molar-refractivity contribution in [1.82, 2.24) is 9.80 Å². The van der Waals surface area contributed by atoms with Crippen LogP contribution >= 0.6 is 0 Å². The van der Waals surface area contributed by atoms with Gasteiger partial charge >= 0.3 is 0 Å².